The van der Waals surface area contributed by atoms with Gasteiger partial charge < -0.3 is 5.11 Å². The van der Waals surface area contributed by atoms with Crippen molar-refractivity contribution in [3.05, 3.63) is 47.3 Å². The Bertz CT molecular complexity index is 865. The number of sulfonamides is 1. The minimum absolute atomic E-state index is 0.0841. The van der Waals surface area contributed by atoms with Crippen molar-refractivity contribution in [3.8, 4) is 0 Å². The maximum Gasteiger partial charge on any atom is 0.268 e. The van der Waals surface area contributed by atoms with Crippen LogP contribution in [0.4, 0.5) is 5.69 Å². The van der Waals surface area contributed by atoms with Gasteiger partial charge in [-0.25, -0.2) is 8.42 Å². The first-order valence-corrected chi connectivity index (χ1v) is 7.80. The van der Waals surface area contributed by atoms with Gasteiger partial charge in [-0.05, 0) is 12.5 Å². The molecule has 2 aromatic rings. The van der Waals surface area contributed by atoms with E-state index in [9.17, 15) is 13.5 Å². The highest BCUT2D eigenvalue weighted by atomic mass is 32.2. The summed E-state index contributed by atoms with van der Waals surface area (Å²) in [6, 6.07) is 7.07. The molecule has 3 rings (SSSR count). The van der Waals surface area contributed by atoms with Gasteiger partial charge in [0.05, 0.1) is 6.20 Å². The van der Waals surface area contributed by atoms with E-state index >= 15 is 0 Å². The summed E-state index contributed by atoms with van der Waals surface area (Å²) in [7, 11) is -0.696. The third-order valence-electron chi connectivity index (χ3n) is 3.71. The molecule has 2 heterocycles. The third kappa shape index (κ3) is 1.77. The van der Waals surface area contributed by atoms with Crippen LogP contribution in [0.3, 0.4) is 0 Å². The molecular formula is C14H15N3O3S. The summed E-state index contributed by atoms with van der Waals surface area (Å²) in [6.45, 7) is 1.81. The monoisotopic (exact) mass is 305 g/mol. The van der Waals surface area contributed by atoms with Crippen molar-refractivity contribution in [1.29, 1.82) is 0 Å². The summed E-state index contributed by atoms with van der Waals surface area (Å²) < 4.78 is 28.1. The standard InChI is InChI=1S/C14H15N3O3S/c1-9-6-4-5-7-10(9)14-13(18)12-11(8-15-16(12)2)17(3)21(14,19)20/h4-8,18H,1-3H3. The minimum atomic E-state index is -3.82. The number of aliphatic hydroxyl groups is 1. The Balaban J connectivity index is 2.42. The first-order chi connectivity index (χ1) is 9.85. The fraction of sp³-hybridized carbons (Fsp3) is 0.214. The van der Waals surface area contributed by atoms with Crippen LogP contribution < -0.4 is 4.31 Å². The van der Waals surface area contributed by atoms with E-state index in [1.165, 1.54) is 17.9 Å². The predicted octanol–water partition coefficient (Wildman–Crippen LogP) is 1.89. The molecule has 6 nitrogen and oxygen atoms in total. The van der Waals surface area contributed by atoms with Gasteiger partial charge in [0, 0.05) is 19.7 Å². The fourth-order valence-electron chi connectivity index (χ4n) is 2.52. The zero-order valence-electron chi connectivity index (χ0n) is 11.9. The van der Waals surface area contributed by atoms with Crippen LogP contribution in [0.2, 0.25) is 0 Å². The topological polar surface area (TPSA) is 75.4 Å². The molecule has 0 saturated carbocycles. The number of benzene rings is 1. The molecule has 21 heavy (non-hydrogen) atoms. The molecule has 0 radical (unpaired) electrons. The van der Waals surface area contributed by atoms with Gasteiger partial charge in [-0.2, -0.15) is 5.10 Å². The van der Waals surface area contributed by atoms with E-state index in [1.807, 2.05) is 19.1 Å². The van der Waals surface area contributed by atoms with Gasteiger partial charge in [0.15, 0.2) is 5.76 Å². The molecule has 0 amide bonds. The number of aromatic nitrogens is 2. The van der Waals surface area contributed by atoms with Gasteiger partial charge in [-0.15, -0.1) is 0 Å². The van der Waals surface area contributed by atoms with E-state index in [2.05, 4.69) is 5.10 Å². The number of hydrogen-bond donors (Lipinski definition) is 1. The minimum Gasteiger partial charge on any atom is -0.504 e. The molecule has 1 aliphatic rings. The van der Waals surface area contributed by atoms with Gasteiger partial charge in [-0.3, -0.25) is 8.99 Å². The predicted molar refractivity (Wildman–Crippen MR) is 81.2 cm³/mol. The van der Waals surface area contributed by atoms with E-state index < -0.39 is 10.0 Å². The van der Waals surface area contributed by atoms with Gasteiger partial charge in [0.2, 0.25) is 0 Å². The Kier molecular flexibility index (Phi) is 2.84. The highest BCUT2D eigenvalue weighted by Crippen LogP contribution is 2.41. The first kappa shape index (κ1) is 13.7. The summed E-state index contributed by atoms with van der Waals surface area (Å²) in [5, 5.41) is 14.6. The van der Waals surface area contributed by atoms with Gasteiger partial charge in [0.1, 0.15) is 16.3 Å². The highest BCUT2D eigenvalue weighted by Gasteiger charge is 2.38. The summed E-state index contributed by atoms with van der Waals surface area (Å²) in [5.41, 5.74) is 2.04. The lowest BCUT2D eigenvalue weighted by Crippen LogP contribution is -2.32. The molecule has 0 fully saturated rings. The summed E-state index contributed by atoms with van der Waals surface area (Å²) in [5.74, 6) is -0.266. The van der Waals surface area contributed by atoms with Crippen molar-refractivity contribution < 1.29 is 13.5 Å². The number of aliphatic hydroxyl groups excluding tert-OH is 1. The number of fused-ring (bicyclic) bond motifs is 1. The number of anilines is 1. The van der Waals surface area contributed by atoms with E-state index in [0.717, 1.165) is 9.87 Å². The Morgan fingerprint density at radius 2 is 1.86 bits per heavy atom. The molecule has 1 N–H and O–H groups in total. The quantitative estimate of drug-likeness (QED) is 0.873. The Hall–Kier alpha value is -2.28. The SMILES string of the molecule is Cc1ccccc1C1=C(O)c2c(cnn2C)N(C)S1(=O)=O. The van der Waals surface area contributed by atoms with Crippen molar-refractivity contribution in [3.63, 3.8) is 0 Å². The molecule has 1 aromatic heterocycles. The highest BCUT2D eigenvalue weighted by molar-refractivity contribution is 8.02. The average Bonchev–Trinajstić information content (AvgIpc) is 2.81. The van der Waals surface area contributed by atoms with Crippen LogP contribution in [0.25, 0.3) is 10.7 Å². The summed E-state index contributed by atoms with van der Waals surface area (Å²) in [6.07, 6.45) is 1.43. The molecule has 0 spiro atoms. The van der Waals surface area contributed by atoms with E-state index in [4.69, 9.17) is 0 Å². The Labute approximate surface area is 123 Å². The summed E-state index contributed by atoms with van der Waals surface area (Å²) >= 11 is 0. The van der Waals surface area contributed by atoms with E-state index in [-0.39, 0.29) is 10.7 Å². The molecular weight excluding hydrogens is 290 g/mol. The number of aryl methyl sites for hydroxylation is 2. The lowest BCUT2D eigenvalue weighted by Gasteiger charge is -2.27. The zero-order valence-corrected chi connectivity index (χ0v) is 12.7. The van der Waals surface area contributed by atoms with Gasteiger partial charge >= 0.3 is 0 Å². The first-order valence-electron chi connectivity index (χ1n) is 6.36. The number of nitrogens with zero attached hydrogens (tertiary/aromatic N) is 3. The average molecular weight is 305 g/mol. The molecule has 1 aromatic carbocycles. The van der Waals surface area contributed by atoms with Crippen molar-refractivity contribution >= 4 is 26.4 Å². The van der Waals surface area contributed by atoms with E-state index in [1.54, 1.807) is 19.2 Å². The van der Waals surface area contributed by atoms with Crippen molar-refractivity contribution in [2.24, 2.45) is 7.05 Å². The Morgan fingerprint density at radius 1 is 1.19 bits per heavy atom. The van der Waals surface area contributed by atoms with Crippen molar-refractivity contribution in [1.82, 2.24) is 9.78 Å². The van der Waals surface area contributed by atoms with Crippen LogP contribution in [0.15, 0.2) is 30.5 Å². The molecule has 1 aliphatic heterocycles. The van der Waals surface area contributed by atoms with Crippen LogP contribution in [-0.2, 0) is 17.1 Å². The van der Waals surface area contributed by atoms with Crippen LogP contribution in [0, 0.1) is 6.92 Å². The molecule has 0 saturated heterocycles. The van der Waals surface area contributed by atoms with Crippen molar-refractivity contribution in [2.75, 3.05) is 11.4 Å². The van der Waals surface area contributed by atoms with Crippen LogP contribution in [0.1, 0.15) is 16.8 Å². The lowest BCUT2D eigenvalue weighted by atomic mass is 10.1. The van der Waals surface area contributed by atoms with E-state index in [0.29, 0.717) is 16.9 Å². The second-order valence-electron chi connectivity index (χ2n) is 4.97. The fourth-order valence-corrected chi connectivity index (χ4v) is 4.04. The number of rotatable bonds is 1. The maximum atomic E-state index is 12.7. The smallest absolute Gasteiger partial charge is 0.268 e. The molecule has 110 valence electrons. The normalized spacial score (nSPS) is 17.0. The molecule has 7 heteroatoms. The number of hydrogen-bond acceptors (Lipinski definition) is 4. The van der Waals surface area contributed by atoms with Crippen molar-refractivity contribution in [2.45, 2.75) is 6.92 Å². The second kappa shape index (κ2) is 4.36. The lowest BCUT2D eigenvalue weighted by molar-refractivity contribution is 0.502. The largest absolute Gasteiger partial charge is 0.504 e. The molecule has 0 bridgehead atoms. The third-order valence-corrected chi connectivity index (χ3v) is 5.55. The van der Waals surface area contributed by atoms with Crippen LogP contribution in [-0.4, -0.2) is 30.4 Å². The van der Waals surface area contributed by atoms with Gasteiger partial charge in [-0.1, -0.05) is 24.3 Å². The van der Waals surface area contributed by atoms with Gasteiger partial charge in [0.25, 0.3) is 10.0 Å². The zero-order chi connectivity index (χ0) is 15.4. The molecule has 0 atom stereocenters. The molecule has 0 unspecified atom stereocenters. The van der Waals surface area contributed by atoms with Crippen LogP contribution in [0.5, 0.6) is 0 Å². The maximum absolute atomic E-state index is 12.7. The Morgan fingerprint density at radius 3 is 2.52 bits per heavy atom. The summed E-state index contributed by atoms with van der Waals surface area (Å²) in [4.78, 5) is -0.0841. The second-order valence-corrected chi connectivity index (χ2v) is 6.87. The van der Waals surface area contributed by atoms with Crippen LogP contribution >= 0.6 is 0 Å². The molecule has 0 aliphatic carbocycles.